The third kappa shape index (κ3) is 2.16. The Kier molecular flexibility index (Phi) is 2.98. The minimum absolute atomic E-state index is 0.0726. The molecule has 1 saturated heterocycles. The Bertz CT molecular complexity index is 355. The van der Waals surface area contributed by atoms with Crippen LogP contribution in [0.2, 0.25) is 0 Å². The maximum Gasteiger partial charge on any atom is 0.129 e. The van der Waals surface area contributed by atoms with Gasteiger partial charge < -0.3 is 4.74 Å². The van der Waals surface area contributed by atoms with Gasteiger partial charge in [0.25, 0.3) is 0 Å². The van der Waals surface area contributed by atoms with Crippen molar-refractivity contribution in [2.75, 3.05) is 6.61 Å². The Morgan fingerprint density at radius 1 is 1.47 bits per heavy atom. The second kappa shape index (κ2) is 4.11. The van der Waals surface area contributed by atoms with Crippen LogP contribution in [0.3, 0.4) is 0 Å². The maximum absolute atomic E-state index is 13.6. The predicted molar refractivity (Wildman–Crippen MR) is 58.6 cm³/mol. The number of benzene rings is 1. The van der Waals surface area contributed by atoms with E-state index in [0.29, 0.717) is 18.6 Å². The fraction of sp³-hybridized carbons (Fsp3) is 0.500. The molecule has 1 aliphatic rings. The Hall–Kier alpha value is -0.600. The van der Waals surface area contributed by atoms with E-state index in [1.807, 2.05) is 13.0 Å². The summed E-state index contributed by atoms with van der Waals surface area (Å²) in [6.07, 6.45) is 1.50. The molecule has 1 fully saturated rings. The summed E-state index contributed by atoms with van der Waals surface area (Å²) in [6, 6.07) is 6.74. The zero-order valence-corrected chi connectivity index (χ0v) is 9.43. The van der Waals surface area contributed by atoms with Crippen LogP contribution < -0.4 is 0 Å². The summed E-state index contributed by atoms with van der Waals surface area (Å²) in [7, 11) is 0. The standard InChI is InChI=1S/C12H14ClFO/c1-12(8-9(13)6-7-15-12)10-4-2-3-5-11(10)14/h2-5,9H,6-8H2,1H3. The van der Waals surface area contributed by atoms with Crippen molar-refractivity contribution in [3.63, 3.8) is 0 Å². The first-order chi connectivity index (χ1) is 7.12. The SMILES string of the molecule is CC1(c2ccccc2F)CC(Cl)CCO1. The van der Waals surface area contributed by atoms with Crippen molar-refractivity contribution in [1.82, 2.24) is 0 Å². The van der Waals surface area contributed by atoms with Crippen LogP contribution in [0.5, 0.6) is 0 Å². The van der Waals surface area contributed by atoms with Crippen molar-refractivity contribution in [3.05, 3.63) is 35.6 Å². The third-order valence-corrected chi connectivity index (χ3v) is 3.28. The van der Waals surface area contributed by atoms with Gasteiger partial charge in [0.2, 0.25) is 0 Å². The minimum Gasteiger partial charge on any atom is -0.370 e. The molecule has 3 heteroatoms. The number of hydrogen-bond acceptors (Lipinski definition) is 1. The summed E-state index contributed by atoms with van der Waals surface area (Å²) in [5, 5.41) is 0.0726. The molecule has 0 radical (unpaired) electrons. The lowest BCUT2D eigenvalue weighted by atomic mass is 9.88. The van der Waals surface area contributed by atoms with E-state index in [0.717, 1.165) is 6.42 Å². The first-order valence-corrected chi connectivity index (χ1v) is 5.58. The molecule has 2 unspecified atom stereocenters. The van der Waals surface area contributed by atoms with Gasteiger partial charge in [0.05, 0.1) is 5.60 Å². The van der Waals surface area contributed by atoms with E-state index < -0.39 is 5.60 Å². The zero-order valence-electron chi connectivity index (χ0n) is 8.67. The molecular weight excluding hydrogens is 215 g/mol. The Labute approximate surface area is 94.2 Å². The number of hydrogen-bond donors (Lipinski definition) is 0. The summed E-state index contributed by atoms with van der Waals surface area (Å²) in [4.78, 5) is 0. The molecule has 82 valence electrons. The third-order valence-electron chi connectivity index (χ3n) is 2.91. The van der Waals surface area contributed by atoms with Crippen molar-refractivity contribution in [2.24, 2.45) is 0 Å². The molecule has 0 amide bonds. The Morgan fingerprint density at radius 2 is 2.20 bits per heavy atom. The van der Waals surface area contributed by atoms with Crippen LogP contribution in [0.4, 0.5) is 4.39 Å². The maximum atomic E-state index is 13.6. The monoisotopic (exact) mass is 228 g/mol. The van der Waals surface area contributed by atoms with E-state index in [2.05, 4.69) is 0 Å². The van der Waals surface area contributed by atoms with Crippen molar-refractivity contribution < 1.29 is 9.13 Å². The van der Waals surface area contributed by atoms with E-state index >= 15 is 0 Å². The molecule has 2 atom stereocenters. The topological polar surface area (TPSA) is 9.23 Å². The molecule has 15 heavy (non-hydrogen) atoms. The first-order valence-electron chi connectivity index (χ1n) is 5.15. The molecule has 0 aliphatic carbocycles. The molecule has 0 bridgehead atoms. The van der Waals surface area contributed by atoms with Crippen molar-refractivity contribution >= 4 is 11.6 Å². The van der Waals surface area contributed by atoms with E-state index in [9.17, 15) is 4.39 Å². The zero-order chi connectivity index (χ0) is 10.9. The summed E-state index contributed by atoms with van der Waals surface area (Å²) >= 11 is 6.10. The fourth-order valence-electron chi connectivity index (χ4n) is 2.07. The van der Waals surface area contributed by atoms with Gasteiger partial charge in [-0.15, -0.1) is 11.6 Å². The predicted octanol–water partition coefficient (Wildman–Crippen LogP) is 3.46. The van der Waals surface area contributed by atoms with Gasteiger partial charge in [0, 0.05) is 17.5 Å². The highest BCUT2D eigenvalue weighted by atomic mass is 35.5. The molecule has 1 aromatic rings. The van der Waals surface area contributed by atoms with Gasteiger partial charge in [-0.05, 0) is 25.8 Å². The van der Waals surface area contributed by atoms with Gasteiger partial charge in [-0.2, -0.15) is 0 Å². The molecule has 2 rings (SSSR count). The van der Waals surface area contributed by atoms with Crippen LogP contribution in [0, 0.1) is 5.82 Å². The molecule has 1 heterocycles. The second-order valence-electron chi connectivity index (χ2n) is 4.15. The van der Waals surface area contributed by atoms with Gasteiger partial charge in [-0.3, -0.25) is 0 Å². The van der Waals surface area contributed by atoms with E-state index in [1.54, 1.807) is 12.1 Å². The molecule has 0 aromatic heterocycles. The summed E-state index contributed by atoms with van der Waals surface area (Å²) < 4.78 is 19.3. The molecule has 0 saturated carbocycles. The molecule has 0 spiro atoms. The highest BCUT2D eigenvalue weighted by molar-refractivity contribution is 6.20. The first kappa shape index (κ1) is 10.9. The average molecular weight is 229 g/mol. The van der Waals surface area contributed by atoms with Gasteiger partial charge in [-0.25, -0.2) is 4.39 Å². The van der Waals surface area contributed by atoms with E-state index in [1.165, 1.54) is 6.07 Å². The van der Waals surface area contributed by atoms with Crippen molar-refractivity contribution in [3.8, 4) is 0 Å². The van der Waals surface area contributed by atoms with Gasteiger partial charge in [-0.1, -0.05) is 18.2 Å². The van der Waals surface area contributed by atoms with Gasteiger partial charge in [0.1, 0.15) is 5.82 Å². The highest BCUT2D eigenvalue weighted by Crippen LogP contribution is 2.37. The number of halogens is 2. The molecule has 0 N–H and O–H groups in total. The Morgan fingerprint density at radius 3 is 2.87 bits per heavy atom. The molecule has 1 nitrogen and oxygen atoms in total. The molecular formula is C12H14ClFO. The smallest absolute Gasteiger partial charge is 0.129 e. The lowest BCUT2D eigenvalue weighted by Crippen LogP contribution is -2.35. The minimum atomic E-state index is -0.573. The van der Waals surface area contributed by atoms with Crippen LogP contribution in [0.15, 0.2) is 24.3 Å². The van der Waals surface area contributed by atoms with Crippen molar-refractivity contribution in [2.45, 2.75) is 30.7 Å². The summed E-state index contributed by atoms with van der Waals surface area (Å²) in [5.41, 5.74) is 0.0334. The number of ether oxygens (including phenoxy) is 1. The van der Waals surface area contributed by atoms with Gasteiger partial charge >= 0.3 is 0 Å². The normalized spacial score (nSPS) is 31.5. The van der Waals surface area contributed by atoms with E-state index in [-0.39, 0.29) is 11.2 Å². The van der Waals surface area contributed by atoms with E-state index in [4.69, 9.17) is 16.3 Å². The van der Waals surface area contributed by atoms with Crippen LogP contribution in [0.25, 0.3) is 0 Å². The number of rotatable bonds is 1. The van der Waals surface area contributed by atoms with Crippen LogP contribution in [-0.4, -0.2) is 12.0 Å². The van der Waals surface area contributed by atoms with Crippen LogP contribution >= 0.6 is 11.6 Å². The second-order valence-corrected chi connectivity index (χ2v) is 4.77. The van der Waals surface area contributed by atoms with Crippen molar-refractivity contribution in [1.29, 1.82) is 0 Å². The van der Waals surface area contributed by atoms with Gasteiger partial charge in [0.15, 0.2) is 0 Å². The molecule has 1 aromatic carbocycles. The molecule has 1 aliphatic heterocycles. The van der Waals surface area contributed by atoms with Crippen LogP contribution in [-0.2, 0) is 10.3 Å². The quantitative estimate of drug-likeness (QED) is 0.669. The highest BCUT2D eigenvalue weighted by Gasteiger charge is 2.35. The lowest BCUT2D eigenvalue weighted by molar-refractivity contribution is -0.0704. The lowest BCUT2D eigenvalue weighted by Gasteiger charge is -2.36. The van der Waals surface area contributed by atoms with Crippen LogP contribution in [0.1, 0.15) is 25.3 Å². The summed E-state index contributed by atoms with van der Waals surface area (Å²) in [6.45, 7) is 2.50. The summed E-state index contributed by atoms with van der Waals surface area (Å²) in [5.74, 6) is -0.217. The Balaban J connectivity index is 2.32. The largest absolute Gasteiger partial charge is 0.370 e. The number of alkyl halides is 1. The fourth-order valence-corrected chi connectivity index (χ4v) is 2.46. The average Bonchev–Trinajstić information content (AvgIpc) is 2.17.